The second kappa shape index (κ2) is 15.6. The van der Waals surface area contributed by atoms with Crippen molar-refractivity contribution in [1.29, 1.82) is 10.8 Å². The largest absolute Gasteiger partial charge is 0.349 e. The first kappa shape index (κ1) is 36.0. The first-order chi connectivity index (χ1) is 23.6. The molecule has 2 bridgehead atoms. The molecule has 268 valence electrons. The molecule has 6 rings (SSSR count). The number of amidine groups is 2. The van der Waals surface area contributed by atoms with Gasteiger partial charge in [0.2, 0.25) is 11.8 Å². The van der Waals surface area contributed by atoms with Crippen molar-refractivity contribution < 1.29 is 13.6 Å². The second-order valence-electron chi connectivity index (χ2n) is 16.1. The van der Waals surface area contributed by atoms with Crippen molar-refractivity contribution in [1.82, 2.24) is 20.0 Å². The van der Waals surface area contributed by atoms with E-state index >= 15 is 0 Å². The summed E-state index contributed by atoms with van der Waals surface area (Å²) in [7, 11) is 0. The minimum absolute atomic E-state index is 0.0968. The van der Waals surface area contributed by atoms with Crippen LogP contribution >= 0.6 is 0 Å². The Kier molecular flexibility index (Phi) is 11.5. The highest BCUT2D eigenvalue weighted by atomic mass is 19.3. The molecule has 3 aliphatic heterocycles. The van der Waals surface area contributed by atoms with Crippen LogP contribution in [0.2, 0.25) is 0 Å². The fourth-order valence-electron chi connectivity index (χ4n) is 10.1. The molecule has 7 nitrogen and oxygen atoms in total. The molecule has 5 aliphatic rings. The molecule has 5 fully saturated rings. The van der Waals surface area contributed by atoms with Crippen molar-refractivity contribution in [3.05, 3.63) is 35.9 Å². The number of rotatable bonds is 12. The number of carbonyl (C=O) groups is 1. The normalized spacial score (nSPS) is 27.6. The van der Waals surface area contributed by atoms with E-state index in [9.17, 15) is 19.0 Å². The van der Waals surface area contributed by atoms with Gasteiger partial charge in [0.15, 0.2) is 0 Å². The zero-order valence-electron chi connectivity index (χ0n) is 29.6. The van der Waals surface area contributed by atoms with Gasteiger partial charge in [-0.15, -0.1) is 12.3 Å². The summed E-state index contributed by atoms with van der Waals surface area (Å²) in [4.78, 5) is 20.6. The Bertz CT molecular complexity index is 1330. The third-order valence-electron chi connectivity index (χ3n) is 12.7. The third-order valence-corrected chi connectivity index (χ3v) is 12.7. The molecule has 1 amide bonds. The minimum atomic E-state index is -2.65. The van der Waals surface area contributed by atoms with Crippen LogP contribution in [0.3, 0.4) is 0 Å². The van der Waals surface area contributed by atoms with Crippen LogP contribution in [0.25, 0.3) is 0 Å². The van der Waals surface area contributed by atoms with Gasteiger partial charge in [0.1, 0.15) is 5.84 Å². The average Bonchev–Trinajstić information content (AvgIpc) is 3.30. The summed E-state index contributed by atoms with van der Waals surface area (Å²) in [6.07, 6.45) is 18.2. The van der Waals surface area contributed by atoms with Gasteiger partial charge in [-0.25, -0.2) is 8.78 Å². The fraction of sp³-hybridized carbons (Fsp3) is 0.725. The number of likely N-dealkylation sites (tertiary alicyclic amines) is 1. The van der Waals surface area contributed by atoms with E-state index in [0.717, 1.165) is 89.4 Å². The van der Waals surface area contributed by atoms with Crippen molar-refractivity contribution in [2.75, 3.05) is 26.2 Å². The lowest BCUT2D eigenvalue weighted by atomic mass is 9.58. The summed E-state index contributed by atoms with van der Waals surface area (Å²) >= 11 is 0. The average molecular weight is 677 g/mol. The quantitative estimate of drug-likeness (QED) is 0.0920. The molecule has 3 saturated heterocycles. The maximum atomic E-state index is 13.8. The van der Waals surface area contributed by atoms with Crippen LogP contribution in [0.1, 0.15) is 121 Å². The number of alkyl halides is 2. The Labute approximate surface area is 293 Å². The Morgan fingerprint density at radius 2 is 1.71 bits per heavy atom. The molecule has 3 heterocycles. The summed E-state index contributed by atoms with van der Waals surface area (Å²) in [6.45, 7) is 6.15. The maximum absolute atomic E-state index is 13.8. The molecule has 1 aromatic rings. The van der Waals surface area contributed by atoms with E-state index in [2.05, 4.69) is 25.9 Å². The summed E-state index contributed by atoms with van der Waals surface area (Å²) in [5.74, 6) is 1.06. The van der Waals surface area contributed by atoms with Crippen LogP contribution in [0.5, 0.6) is 0 Å². The molecule has 3 N–H and O–H groups in total. The van der Waals surface area contributed by atoms with E-state index in [-0.39, 0.29) is 55.5 Å². The monoisotopic (exact) mass is 676 g/mol. The first-order valence-corrected chi connectivity index (χ1v) is 19.1. The lowest BCUT2D eigenvalue weighted by molar-refractivity contribution is -0.130. The number of fused-ring (bicyclic) bond motifs is 2. The number of halogens is 2. The maximum Gasteiger partial charge on any atom is 0.248 e. The van der Waals surface area contributed by atoms with Gasteiger partial charge in [-0.05, 0) is 114 Å². The Morgan fingerprint density at radius 3 is 2.37 bits per heavy atom. The van der Waals surface area contributed by atoms with Gasteiger partial charge in [0.05, 0.1) is 11.9 Å². The van der Waals surface area contributed by atoms with Crippen LogP contribution in [0.15, 0.2) is 30.3 Å². The standard InChI is InChI=1S/C40H58F2N6O/c1-3-4-5-9-21-46-22-10-18-39(28-46)26-32(27-39)37(44)48(29(2)43)35-24-33-13-14-34(25-35)47(33)23-17-36(30-11-7-6-8-12-30)45-38(49)31-15-19-40(41,42)20-16-31/h1,6-8,11-12,31-36,43-44H,4-5,9-10,13-28H2,2H3,(H,45,49)/t32?,33?,34?,35?,36-,39?/m0/s1. The number of amides is 1. The van der Waals surface area contributed by atoms with Crippen molar-refractivity contribution >= 4 is 17.6 Å². The fourth-order valence-corrected chi connectivity index (χ4v) is 10.1. The van der Waals surface area contributed by atoms with Gasteiger partial charge in [-0.2, -0.15) is 0 Å². The van der Waals surface area contributed by atoms with E-state index in [1.54, 1.807) is 0 Å². The lowest BCUT2D eigenvalue weighted by Crippen LogP contribution is -2.58. The molecule has 3 atom stereocenters. The predicted octanol–water partition coefficient (Wildman–Crippen LogP) is 7.63. The summed E-state index contributed by atoms with van der Waals surface area (Å²) < 4.78 is 27.5. The van der Waals surface area contributed by atoms with E-state index in [4.69, 9.17) is 11.8 Å². The van der Waals surface area contributed by atoms with E-state index < -0.39 is 5.92 Å². The summed E-state index contributed by atoms with van der Waals surface area (Å²) in [5, 5.41) is 21.4. The number of nitrogens with one attached hydrogen (secondary N) is 3. The van der Waals surface area contributed by atoms with Crippen LogP contribution in [0.4, 0.5) is 8.78 Å². The van der Waals surface area contributed by atoms with Crippen LogP contribution < -0.4 is 5.32 Å². The predicted molar refractivity (Wildman–Crippen MR) is 192 cm³/mol. The number of nitrogens with zero attached hydrogens (tertiary/aromatic N) is 3. The van der Waals surface area contributed by atoms with Crippen LogP contribution in [-0.4, -0.2) is 82.5 Å². The number of unbranched alkanes of at least 4 members (excludes halogenated alkanes) is 2. The van der Waals surface area contributed by atoms with Gasteiger partial charge >= 0.3 is 0 Å². The van der Waals surface area contributed by atoms with Crippen molar-refractivity contribution in [2.45, 2.75) is 140 Å². The van der Waals surface area contributed by atoms with Gasteiger partial charge in [0.25, 0.3) is 0 Å². The Morgan fingerprint density at radius 1 is 1.02 bits per heavy atom. The van der Waals surface area contributed by atoms with Crippen LogP contribution in [-0.2, 0) is 4.79 Å². The molecule has 2 saturated carbocycles. The Hall–Kier alpha value is -2.83. The molecule has 2 aliphatic carbocycles. The highest BCUT2D eigenvalue weighted by Crippen LogP contribution is 2.52. The number of hydrogen-bond donors (Lipinski definition) is 3. The highest BCUT2D eigenvalue weighted by Gasteiger charge is 2.51. The van der Waals surface area contributed by atoms with E-state index in [1.165, 1.54) is 19.4 Å². The third kappa shape index (κ3) is 8.56. The highest BCUT2D eigenvalue weighted by molar-refractivity contribution is 5.99. The molecule has 49 heavy (non-hydrogen) atoms. The minimum Gasteiger partial charge on any atom is -0.349 e. The number of terminal acetylenes is 1. The van der Waals surface area contributed by atoms with Crippen molar-refractivity contribution in [3.63, 3.8) is 0 Å². The Balaban J connectivity index is 1.03. The zero-order chi connectivity index (χ0) is 34.6. The summed E-state index contributed by atoms with van der Waals surface area (Å²) in [5.41, 5.74) is 1.39. The van der Waals surface area contributed by atoms with Crippen molar-refractivity contribution in [2.24, 2.45) is 17.3 Å². The van der Waals surface area contributed by atoms with Gasteiger partial charge < -0.3 is 15.1 Å². The smallest absolute Gasteiger partial charge is 0.248 e. The molecule has 1 aromatic carbocycles. The number of benzene rings is 1. The first-order valence-electron chi connectivity index (χ1n) is 19.1. The molecular formula is C40H58F2N6O. The number of hydrogen-bond acceptors (Lipinski definition) is 5. The topological polar surface area (TPSA) is 86.5 Å². The number of piperidine rings is 2. The molecule has 0 radical (unpaired) electrons. The second-order valence-corrected chi connectivity index (χ2v) is 16.1. The number of carbonyl (C=O) groups excluding carboxylic acids is 1. The molecule has 0 aromatic heterocycles. The molecular weight excluding hydrogens is 618 g/mol. The van der Waals surface area contributed by atoms with E-state index in [0.29, 0.717) is 29.2 Å². The lowest BCUT2D eigenvalue weighted by Gasteiger charge is -2.55. The van der Waals surface area contributed by atoms with Gasteiger partial charge in [-0.3, -0.25) is 20.5 Å². The molecule has 1 spiro atoms. The van der Waals surface area contributed by atoms with Gasteiger partial charge in [-0.1, -0.05) is 30.3 Å². The SMILES string of the molecule is C#CCCCCN1CCCC2(CC(C(=N)N(C(C)=N)C3CC4CCC(C3)N4CC[C@H](NC(=O)C3CCC(F)(F)CC3)c3ccccc3)C2)C1. The van der Waals surface area contributed by atoms with Crippen LogP contribution in [0, 0.1) is 40.4 Å². The summed E-state index contributed by atoms with van der Waals surface area (Å²) in [6, 6.07) is 10.9. The molecule has 2 unspecified atom stereocenters. The van der Waals surface area contributed by atoms with Gasteiger partial charge in [0, 0.05) is 62.3 Å². The van der Waals surface area contributed by atoms with E-state index in [1.807, 2.05) is 37.3 Å². The molecule has 9 heteroatoms. The van der Waals surface area contributed by atoms with Crippen molar-refractivity contribution in [3.8, 4) is 12.3 Å². The zero-order valence-corrected chi connectivity index (χ0v) is 29.6.